The lowest BCUT2D eigenvalue weighted by Gasteiger charge is -2.15. The molecule has 0 saturated heterocycles. The normalized spacial score (nSPS) is 14.6. The number of hydrogen-bond acceptors (Lipinski definition) is 2. The van der Waals surface area contributed by atoms with Gasteiger partial charge in [-0.25, -0.2) is 0 Å². The number of amidine groups is 1. The molecule has 0 bridgehead atoms. The molecule has 0 radical (unpaired) electrons. The van der Waals surface area contributed by atoms with E-state index in [0.717, 1.165) is 26.1 Å². The van der Waals surface area contributed by atoms with Gasteiger partial charge in [-0.05, 0) is 24.8 Å². The van der Waals surface area contributed by atoms with Crippen LogP contribution in [0.3, 0.4) is 0 Å². The molecule has 3 nitrogen and oxygen atoms in total. The maximum atomic E-state index is 9.61. The number of hydrogen-bond donors (Lipinski definition) is 2. The lowest BCUT2D eigenvalue weighted by atomic mass is 9.94. The molecule has 1 aliphatic rings. The number of nitrogens with zero attached hydrogens (tertiary/aromatic N) is 1. The maximum Gasteiger partial charge on any atom is 0.252 e. The van der Waals surface area contributed by atoms with Crippen molar-refractivity contribution >= 4 is 5.84 Å². The number of unbranched alkanes of at least 4 members (excludes halogenated alkanes) is 15. The van der Waals surface area contributed by atoms with Gasteiger partial charge in [0, 0.05) is 6.61 Å². The Hall–Kier alpha value is -1.35. The number of nitrogens with one attached hydrogen (secondary N) is 1. The minimum absolute atomic E-state index is 0.234. The Labute approximate surface area is 205 Å². The molecule has 2 N–H and O–H groups in total. The van der Waals surface area contributed by atoms with Crippen molar-refractivity contribution in [3.8, 4) is 0 Å². The second-order valence-corrected chi connectivity index (χ2v) is 10.1. The molecule has 33 heavy (non-hydrogen) atoms. The third kappa shape index (κ3) is 12.1. The first-order chi connectivity index (χ1) is 16.4. The summed E-state index contributed by atoms with van der Waals surface area (Å²) in [5.41, 5.74) is 1.31. The predicted octanol–water partition coefficient (Wildman–Crippen LogP) is 7.43. The van der Waals surface area contributed by atoms with Crippen LogP contribution in [0, 0.1) is 0 Å². The molecule has 1 atom stereocenters. The van der Waals surface area contributed by atoms with E-state index >= 15 is 0 Å². The van der Waals surface area contributed by atoms with Crippen LogP contribution in [0.2, 0.25) is 0 Å². The number of rotatable bonds is 21. The standard InChI is InChI=1S/C30H52N2O/c1-2-3-4-5-6-7-8-9-10-11-12-13-14-15-16-20-25-32-26-24-31-30(32)29(23-27-33)28-21-18-17-19-22-28/h17-19,21-22,29,33H,2-16,20,23-27H2,1H3/p+1. The summed E-state index contributed by atoms with van der Waals surface area (Å²) >= 11 is 0. The Morgan fingerprint density at radius 2 is 1.27 bits per heavy atom. The largest absolute Gasteiger partial charge is 0.396 e. The first kappa shape index (κ1) is 27.9. The number of benzene rings is 1. The van der Waals surface area contributed by atoms with Gasteiger partial charge in [-0.1, -0.05) is 127 Å². The van der Waals surface area contributed by atoms with Crippen LogP contribution in [0.5, 0.6) is 0 Å². The molecule has 188 valence electrons. The molecule has 1 aliphatic heterocycles. The molecule has 0 amide bonds. The third-order valence-electron chi connectivity index (χ3n) is 7.26. The second-order valence-electron chi connectivity index (χ2n) is 10.1. The summed E-state index contributed by atoms with van der Waals surface area (Å²) in [4.78, 5) is 0. The molecular formula is C30H53N2O+. The van der Waals surface area contributed by atoms with E-state index in [-0.39, 0.29) is 6.61 Å². The molecule has 0 aromatic heterocycles. The smallest absolute Gasteiger partial charge is 0.252 e. The second kappa shape index (κ2) is 19.0. The zero-order valence-electron chi connectivity index (χ0n) is 21.7. The maximum absolute atomic E-state index is 9.61. The van der Waals surface area contributed by atoms with Crippen LogP contribution >= 0.6 is 0 Å². The van der Waals surface area contributed by atoms with Crippen molar-refractivity contribution in [2.24, 2.45) is 0 Å². The van der Waals surface area contributed by atoms with Gasteiger partial charge in [0.25, 0.3) is 5.84 Å². The van der Waals surface area contributed by atoms with Gasteiger partial charge in [0.15, 0.2) is 0 Å². The summed E-state index contributed by atoms with van der Waals surface area (Å²) in [6.45, 7) is 5.81. The summed E-state index contributed by atoms with van der Waals surface area (Å²) in [6.07, 6.45) is 23.5. The molecule has 1 aromatic carbocycles. The Bertz CT molecular complexity index is 613. The van der Waals surface area contributed by atoms with Gasteiger partial charge < -0.3 is 5.11 Å². The molecule has 1 unspecified atom stereocenters. The highest BCUT2D eigenvalue weighted by atomic mass is 16.3. The van der Waals surface area contributed by atoms with E-state index in [4.69, 9.17) is 0 Å². The molecule has 0 aliphatic carbocycles. The van der Waals surface area contributed by atoms with Crippen LogP contribution in [0.4, 0.5) is 0 Å². The Balaban J connectivity index is 1.50. The number of aliphatic hydroxyl groups excluding tert-OH is 1. The molecule has 0 spiro atoms. The predicted molar refractivity (Wildman–Crippen MR) is 143 cm³/mol. The monoisotopic (exact) mass is 457 g/mol. The van der Waals surface area contributed by atoms with E-state index in [1.165, 1.54) is 114 Å². The fraction of sp³-hybridized carbons (Fsp3) is 0.767. The van der Waals surface area contributed by atoms with E-state index in [0.29, 0.717) is 5.92 Å². The Morgan fingerprint density at radius 1 is 0.758 bits per heavy atom. The van der Waals surface area contributed by atoms with Gasteiger partial charge >= 0.3 is 0 Å². The zero-order valence-corrected chi connectivity index (χ0v) is 21.7. The van der Waals surface area contributed by atoms with E-state index in [1.807, 2.05) is 0 Å². The highest BCUT2D eigenvalue weighted by Crippen LogP contribution is 2.22. The van der Waals surface area contributed by atoms with Gasteiger partial charge in [-0.15, -0.1) is 0 Å². The van der Waals surface area contributed by atoms with Gasteiger partial charge in [0.1, 0.15) is 13.1 Å². The molecule has 1 aromatic rings. The van der Waals surface area contributed by atoms with Crippen LogP contribution in [0.1, 0.15) is 128 Å². The van der Waals surface area contributed by atoms with Crippen LogP contribution < -0.4 is 5.32 Å². The minimum atomic E-state index is 0.234. The van der Waals surface area contributed by atoms with Crippen LogP contribution in [-0.2, 0) is 0 Å². The van der Waals surface area contributed by atoms with Crippen molar-refractivity contribution in [1.82, 2.24) is 5.32 Å². The van der Waals surface area contributed by atoms with Crippen molar-refractivity contribution in [2.75, 3.05) is 26.2 Å². The van der Waals surface area contributed by atoms with Crippen molar-refractivity contribution in [2.45, 2.75) is 122 Å². The fourth-order valence-electron chi connectivity index (χ4n) is 5.25. The molecule has 0 fully saturated rings. The summed E-state index contributed by atoms with van der Waals surface area (Å²) in [5.74, 6) is 1.62. The average Bonchev–Trinajstić information content (AvgIpc) is 3.31. The van der Waals surface area contributed by atoms with E-state index < -0.39 is 0 Å². The van der Waals surface area contributed by atoms with Gasteiger partial charge in [-0.2, -0.15) is 0 Å². The van der Waals surface area contributed by atoms with Crippen LogP contribution in [0.25, 0.3) is 0 Å². The van der Waals surface area contributed by atoms with Crippen molar-refractivity contribution in [3.05, 3.63) is 35.9 Å². The lowest BCUT2D eigenvalue weighted by Crippen LogP contribution is -2.31. The lowest BCUT2D eigenvalue weighted by molar-refractivity contribution is -0.520. The zero-order chi connectivity index (χ0) is 23.4. The summed E-state index contributed by atoms with van der Waals surface area (Å²) in [6, 6.07) is 10.7. The topological polar surface area (TPSA) is 35.3 Å². The highest BCUT2D eigenvalue weighted by Gasteiger charge is 2.30. The van der Waals surface area contributed by atoms with E-state index in [9.17, 15) is 5.11 Å². The summed E-state index contributed by atoms with van der Waals surface area (Å²) in [7, 11) is 0. The molecule has 2 rings (SSSR count). The summed E-state index contributed by atoms with van der Waals surface area (Å²) in [5, 5.41) is 13.2. The van der Waals surface area contributed by atoms with E-state index in [2.05, 4.69) is 47.1 Å². The number of aliphatic hydroxyl groups is 1. The molecule has 0 saturated carbocycles. The molecule has 3 heteroatoms. The quantitative estimate of drug-likeness (QED) is 0.149. The first-order valence-corrected chi connectivity index (χ1v) is 14.4. The Kier molecular flexibility index (Phi) is 16.1. The van der Waals surface area contributed by atoms with Gasteiger partial charge in [0.05, 0.1) is 12.5 Å². The van der Waals surface area contributed by atoms with Gasteiger partial charge in [0.2, 0.25) is 0 Å². The van der Waals surface area contributed by atoms with E-state index in [1.54, 1.807) is 0 Å². The SMILES string of the molecule is CCCCCCCCCCCCCCCCCC[N+]1=C(C(CCO)c2ccccc2)NCC1. The van der Waals surface area contributed by atoms with Crippen molar-refractivity contribution in [1.29, 1.82) is 0 Å². The minimum Gasteiger partial charge on any atom is -0.396 e. The average molecular weight is 458 g/mol. The van der Waals surface area contributed by atoms with Crippen molar-refractivity contribution < 1.29 is 9.68 Å². The first-order valence-electron chi connectivity index (χ1n) is 14.4. The van der Waals surface area contributed by atoms with Crippen molar-refractivity contribution in [3.63, 3.8) is 0 Å². The van der Waals surface area contributed by atoms with Crippen LogP contribution in [0.15, 0.2) is 30.3 Å². The summed E-state index contributed by atoms with van der Waals surface area (Å²) < 4.78 is 2.54. The molecular weight excluding hydrogens is 404 g/mol. The molecule has 1 heterocycles. The third-order valence-corrected chi connectivity index (χ3v) is 7.26. The van der Waals surface area contributed by atoms with Crippen LogP contribution in [-0.4, -0.2) is 41.8 Å². The Morgan fingerprint density at radius 3 is 1.79 bits per heavy atom. The highest BCUT2D eigenvalue weighted by molar-refractivity contribution is 5.85. The van der Waals surface area contributed by atoms with Gasteiger partial charge in [-0.3, -0.25) is 9.89 Å². The fourth-order valence-corrected chi connectivity index (χ4v) is 5.25.